The lowest BCUT2D eigenvalue weighted by atomic mass is 9.96. The zero-order valence-electron chi connectivity index (χ0n) is 14.2. The van der Waals surface area contributed by atoms with Gasteiger partial charge in [-0.15, -0.1) is 5.92 Å². The van der Waals surface area contributed by atoms with Crippen LogP contribution in [0, 0.1) is 23.7 Å². The van der Waals surface area contributed by atoms with E-state index in [0.717, 1.165) is 11.3 Å². The summed E-state index contributed by atoms with van der Waals surface area (Å²) in [6.45, 7) is 9.05. The summed E-state index contributed by atoms with van der Waals surface area (Å²) in [4.78, 5) is 11.5. The summed E-state index contributed by atoms with van der Waals surface area (Å²) in [6, 6.07) is 7.80. The second kappa shape index (κ2) is 9.15. The van der Waals surface area contributed by atoms with Crippen molar-refractivity contribution < 1.29 is 14.3 Å². The zero-order valence-corrected chi connectivity index (χ0v) is 14.2. The largest absolute Gasteiger partial charge is 0.493 e. The van der Waals surface area contributed by atoms with Gasteiger partial charge in [-0.3, -0.25) is 4.79 Å². The standard InChI is InChI=1S/C19H26O3/c1-6-7-17(12-19(20)21-5)16-8-10-18(11-9-16)22-13-15(4)14(2)3/h8-11,14-15,17H,12-13H2,1-5H3/t15?,17-/m0/s1. The van der Waals surface area contributed by atoms with Crippen LogP contribution >= 0.6 is 0 Å². The summed E-state index contributed by atoms with van der Waals surface area (Å²) < 4.78 is 10.5. The number of carbonyl (C=O) groups excluding carboxylic acids is 1. The van der Waals surface area contributed by atoms with E-state index in [1.165, 1.54) is 7.11 Å². The van der Waals surface area contributed by atoms with Crippen molar-refractivity contribution in [1.29, 1.82) is 0 Å². The van der Waals surface area contributed by atoms with Crippen molar-refractivity contribution in [2.45, 2.75) is 40.0 Å². The Hall–Kier alpha value is -1.95. The number of methoxy groups -OCH3 is 1. The van der Waals surface area contributed by atoms with Crippen LogP contribution in [0.25, 0.3) is 0 Å². The van der Waals surface area contributed by atoms with Gasteiger partial charge in [-0.05, 0) is 36.5 Å². The minimum absolute atomic E-state index is 0.138. The van der Waals surface area contributed by atoms with Crippen molar-refractivity contribution in [3.8, 4) is 17.6 Å². The Bertz CT molecular complexity index is 520. The van der Waals surface area contributed by atoms with Gasteiger partial charge in [-0.1, -0.05) is 38.8 Å². The lowest BCUT2D eigenvalue weighted by Crippen LogP contribution is -2.14. The van der Waals surface area contributed by atoms with Crippen molar-refractivity contribution in [3.63, 3.8) is 0 Å². The molecule has 0 fully saturated rings. The molecule has 1 rings (SSSR count). The Kier molecular flexibility index (Phi) is 7.52. The number of hydrogen-bond donors (Lipinski definition) is 0. The molecule has 3 nitrogen and oxygen atoms in total. The highest BCUT2D eigenvalue weighted by atomic mass is 16.5. The van der Waals surface area contributed by atoms with Gasteiger partial charge in [0.2, 0.25) is 0 Å². The molecular formula is C19H26O3. The van der Waals surface area contributed by atoms with Crippen LogP contribution in [-0.2, 0) is 9.53 Å². The first-order chi connectivity index (χ1) is 10.5. The van der Waals surface area contributed by atoms with E-state index in [1.54, 1.807) is 6.92 Å². The molecule has 0 N–H and O–H groups in total. The molecule has 1 aromatic rings. The van der Waals surface area contributed by atoms with Gasteiger partial charge in [0, 0.05) is 0 Å². The summed E-state index contributed by atoms with van der Waals surface area (Å²) in [5.74, 6) is 7.50. The molecule has 0 bridgehead atoms. The summed E-state index contributed by atoms with van der Waals surface area (Å²) in [5, 5.41) is 0. The van der Waals surface area contributed by atoms with Crippen LogP contribution < -0.4 is 4.74 Å². The first-order valence-corrected chi connectivity index (χ1v) is 7.69. The highest BCUT2D eigenvalue weighted by molar-refractivity contribution is 5.71. The average Bonchev–Trinajstić information content (AvgIpc) is 2.52. The lowest BCUT2D eigenvalue weighted by Gasteiger charge is -2.17. The van der Waals surface area contributed by atoms with E-state index in [-0.39, 0.29) is 18.3 Å². The SMILES string of the molecule is CC#C[C@@H](CC(=O)OC)c1ccc(OCC(C)C(C)C)cc1. The second-order valence-electron chi connectivity index (χ2n) is 5.83. The number of carbonyl (C=O) groups is 1. The predicted molar refractivity (Wildman–Crippen MR) is 88.8 cm³/mol. The Morgan fingerprint density at radius 3 is 2.32 bits per heavy atom. The van der Waals surface area contributed by atoms with Crippen LogP contribution in [0.5, 0.6) is 5.75 Å². The van der Waals surface area contributed by atoms with Gasteiger partial charge in [-0.25, -0.2) is 0 Å². The maximum Gasteiger partial charge on any atom is 0.307 e. The first-order valence-electron chi connectivity index (χ1n) is 7.69. The molecule has 0 saturated heterocycles. The van der Waals surface area contributed by atoms with E-state index in [2.05, 4.69) is 32.6 Å². The molecule has 0 spiro atoms. The fourth-order valence-corrected chi connectivity index (χ4v) is 1.89. The number of benzene rings is 1. The molecule has 1 unspecified atom stereocenters. The molecule has 0 aliphatic heterocycles. The minimum atomic E-state index is -0.251. The number of ether oxygens (including phenoxy) is 2. The van der Waals surface area contributed by atoms with E-state index >= 15 is 0 Å². The van der Waals surface area contributed by atoms with E-state index < -0.39 is 0 Å². The number of rotatable bonds is 7. The van der Waals surface area contributed by atoms with Gasteiger partial charge in [-0.2, -0.15) is 0 Å². The molecule has 0 amide bonds. The highest BCUT2D eigenvalue weighted by Gasteiger charge is 2.14. The fourth-order valence-electron chi connectivity index (χ4n) is 1.89. The zero-order chi connectivity index (χ0) is 16.5. The smallest absolute Gasteiger partial charge is 0.307 e. The van der Waals surface area contributed by atoms with Crippen LogP contribution in [-0.4, -0.2) is 19.7 Å². The van der Waals surface area contributed by atoms with E-state index in [4.69, 9.17) is 9.47 Å². The van der Waals surface area contributed by atoms with Gasteiger partial charge < -0.3 is 9.47 Å². The predicted octanol–water partition coefficient (Wildman–Crippen LogP) is 4.03. The molecule has 3 heteroatoms. The summed E-state index contributed by atoms with van der Waals surface area (Å²) in [6.07, 6.45) is 0.266. The third-order valence-corrected chi connectivity index (χ3v) is 3.85. The Balaban J connectivity index is 2.72. The summed E-state index contributed by atoms with van der Waals surface area (Å²) in [7, 11) is 1.39. The molecule has 0 saturated carbocycles. The van der Waals surface area contributed by atoms with Crippen LogP contribution in [0.1, 0.15) is 45.6 Å². The van der Waals surface area contributed by atoms with Crippen LogP contribution in [0.15, 0.2) is 24.3 Å². The molecule has 0 radical (unpaired) electrons. The van der Waals surface area contributed by atoms with E-state index in [1.807, 2.05) is 24.3 Å². The maximum absolute atomic E-state index is 11.5. The van der Waals surface area contributed by atoms with E-state index in [9.17, 15) is 4.79 Å². The second-order valence-corrected chi connectivity index (χ2v) is 5.83. The third kappa shape index (κ3) is 5.81. The molecule has 22 heavy (non-hydrogen) atoms. The minimum Gasteiger partial charge on any atom is -0.493 e. The quantitative estimate of drug-likeness (QED) is 0.563. The Morgan fingerprint density at radius 2 is 1.82 bits per heavy atom. The highest BCUT2D eigenvalue weighted by Crippen LogP contribution is 2.23. The van der Waals surface area contributed by atoms with Crippen molar-refractivity contribution in [2.75, 3.05) is 13.7 Å². The topological polar surface area (TPSA) is 35.5 Å². The normalized spacial score (nSPS) is 13.0. The number of hydrogen-bond acceptors (Lipinski definition) is 3. The molecular weight excluding hydrogens is 276 g/mol. The van der Waals surface area contributed by atoms with Crippen LogP contribution in [0.3, 0.4) is 0 Å². The third-order valence-electron chi connectivity index (χ3n) is 3.85. The lowest BCUT2D eigenvalue weighted by molar-refractivity contribution is -0.140. The summed E-state index contributed by atoms with van der Waals surface area (Å²) >= 11 is 0. The first kappa shape index (κ1) is 18.1. The van der Waals surface area contributed by atoms with E-state index in [0.29, 0.717) is 18.4 Å². The number of esters is 1. The molecule has 1 aromatic carbocycles. The Labute approximate surface area is 134 Å². The van der Waals surface area contributed by atoms with Gasteiger partial charge in [0.1, 0.15) is 5.75 Å². The monoisotopic (exact) mass is 302 g/mol. The van der Waals surface area contributed by atoms with Crippen LogP contribution in [0.4, 0.5) is 0 Å². The molecule has 0 heterocycles. The van der Waals surface area contributed by atoms with Crippen molar-refractivity contribution in [3.05, 3.63) is 29.8 Å². The Morgan fingerprint density at radius 1 is 1.18 bits per heavy atom. The molecule has 0 aliphatic carbocycles. The van der Waals surface area contributed by atoms with Gasteiger partial charge in [0.25, 0.3) is 0 Å². The summed E-state index contributed by atoms with van der Waals surface area (Å²) in [5.41, 5.74) is 1.00. The maximum atomic E-state index is 11.5. The average molecular weight is 302 g/mol. The molecule has 120 valence electrons. The molecule has 0 aliphatic rings. The van der Waals surface area contributed by atoms with Crippen molar-refractivity contribution in [2.24, 2.45) is 11.8 Å². The van der Waals surface area contributed by atoms with Gasteiger partial charge in [0.15, 0.2) is 0 Å². The molecule has 0 aromatic heterocycles. The van der Waals surface area contributed by atoms with Crippen LogP contribution in [0.2, 0.25) is 0 Å². The van der Waals surface area contributed by atoms with Gasteiger partial charge in [0.05, 0.1) is 26.1 Å². The molecule has 2 atom stereocenters. The van der Waals surface area contributed by atoms with Crippen molar-refractivity contribution >= 4 is 5.97 Å². The fraction of sp³-hybridized carbons (Fsp3) is 0.526. The van der Waals surface area contributed by atoms with Crippen molar-refractivity contribution in [1.82, 2.24) is 0 Å². The van der Waals surface area contributed by atoms with Gasteiger partial charge >= 0.3 is 5.97 Å².